The average Bonchev–Trinajstić information content (AvgIpc) is 2.91. The van der Waals surface area contributed by atoms with Gasteiger partial charge in [0, 0.05) is 22.9 Å². The molecule has 0 saturated carbocycles. The van der Waals surface area contributed by atoms with Gasteiger partial charge in [-0.1, -0.05) is 38.5 Å². The van der Waals surface area contributed by atoms with Crippen LogP contribution in [0.4, 0.5) is 0 Å². The molecule has 1 fully saturated rings. The van der Waals surface area contributed by atoms with Crippen molar-refractivity contribution in [2.24, 2.45) is 0 Å². The Labute approximate surface area is 137 Å². The maximum absolute atomic E-state index is 5.05. The molecule has 21 heavy (non-hydrogen) atoms. The summed E-state index contributed by atoms with van der Waals surface area (Å²) in [5.74, 6) is 2.45. The summed E-state index contributed by atoms with van der Waals surface area (Å²) >= 11 is 4.07. The molecule has 1 aliphatic heterocycles. The van der Waals surface area contributed by atoms with E-state index in [0.717, 1.165) is 6.54 Å². The number of fused-ring (bicyclic) bond motifs is 1. The lowest BCUT2D eigenvalue weighted by atomic mass is 10.0. The second-order valence-electron chi connectivity index (χ2n) is 6.33. The summed E-state index contributed by atoms with van der Waals surface area (Å²) in [6.07, 6.45) is 13.7. The first kappa shape index (κ1) is 15.8. The predicted octanol–water partition coefficient (Wildman–Crippen LogP) is 4.74. The van der Waals surface area contributed by atoms with Gasteiger partial charge in [0.05, 0.1) is 11.7 Å². The molecule has 1 aromatic heterocycles. The van der Waals surface area contributed by atoms with Gasteiger partial charge in [-0.05, 0) is 25.7 Å². The van der Waals surface area contributed by atoms with Gasteiger partial charge in [-0.2, -0.15) is 11.8 Å². The third-order valence-corrected chi connectivity index (χ3v) is 6.91. The largest absolute Gasteiger partial charge is 0.306 e. The third-order valence-electron chi connectivity index (χ3n) is 4.58. The van der Waals surface area contributed by atoms with Crippen LogP contribution in [0.3, 0.4) is 0 Å². The standard InChI is InChI=1S/C17H28N2S2/c1-2-4-6-8-10-16-14(9-7-5-3-1)19-17(21-16)15-13-20-12-11-18-15/h15,18H,1-13H2. The highest BCUT2D eigenvalue weighted by Crippen LogP contribution is 2.30. The summed E-state index contributed by atoms with van der Waals surface area (Å²) in [7, 11) is 0. The molecule has 0 spiro atoms. The zero-order valence-electron chi connectivity index (χ0n) is 13.0. The maximum atomic E-state index is 5.05. The van der Waals surface area contributed by atoms with Crippen molar-refractivity contribution < 1.29 is 0 Å². The van der Waals surface area contributed by atoms with Crippen molar-refractivity contribution in [2.45, 2.75) is 70.3 Å². The van der Waals surface area contributed by atoms with Gasteiger partial charge in [0.15, 0.2) is 0 Å². The molecule has 2 heterocycles. The van der Waals surface area contributed by atoms with E-state index in [1.54, 1.807) is 4.88 Å². The zero-order chi connectivity index (χ0) is 14.3. The highest BCUT2D eigenvalue weighted by atomic mass is 32.2. The predicted molar refractivity (Wildman–Crippen MR) is 94.5 cm³/mol. The molecule has 2 aliphatic rings. The van der Waals surface area contributed by atoms with E-state index in [1.165, 1.54) is 86.4 Å². The minimum absolute atomic E-state index is 0.511. The van der Waals surface area contributed by atoms with Crippen LogP contribution in [-0.4, -0.2) is 23.0 Å². The second kappa shape index (κ2) is 8.54. The highest BCUT2D eigenvalue weighted by molar-refractivity contribution is 7.99. The number of aromatic nitrogens is 1. The number of nitrogens with one attached hydrogen (secondary N) is 1. The number of thiazole rings is 1. The molecule has 1 atom stereocenters. The Morgan fingerprint density at radius 2 is 1.62 bits per heavy atom. The maximum Gasteiger partial charge on any atom is 0.111 e. The van der Waals surface area contributed by atoms with Gasteiger partial charge in [0.2, 0.25) is 0 Å². The third kappa shape index (κ3) is 4.70. The van der Waals surface area contributed by atoms with E-state index in [2.05, 4.69) is 17.1 Å². The molecule has 1 N–H and O–H groups in total. The summed E-state index contributed by atoms with van der Waals surface area (Å²) in [4.78, 5) is 6.65. The Hall–Kier alpha value is -0.0600. The van der Waals surface area contributed by atoms with Crippen LogP contribution in [0.5, 0.6) is 0 Å². The smallest absolute Gasteiger partial charge is 0.111 e. The monoisotopic (exact) mass is 324 g/mol. The van der Waals surface area contributed by atoms with Crippen molar-refractivity contribution in [1.82, 2.24) is 10.3 Å². The van der Waals surface area contributed by atoms with Crippen LogP contribution in [-0.2, 0) is 12.8 Å². The SMILES string of the molecule is C1CCCCCc2sc(C3CSCCN3)nc2CCCC1. The van der Waals surface area contributed by atoms with E-state index in [9.17, 15) is 0 Å². The van der Waals surface area contributed by atoms with Crippen molar-refractivity contribution in [3.8, 4) is 0 Å². The van der Waals surface area contributed by atoms with Crippen molar-refractivity contribution in [2.75, 3.05) is 18.1 Å². The molecule has 0 radical (unpaired) electrons. The molecule has 2 nitrogen and oxygen atoms in total. The minimum atomic E-state index is 0.511. The molecule has 3 rings (SSSR count). The minimum Gasteiger partial charge on any atom is -0.306 e. The van der Waals surface area contributed by atoms with Gasteiger partial charge in [0.1, 0.15) is 5.01 Å². The number of thioether (sulfide) groups is 1. The van der Waals surface area contributed by atoms with E-state index < -0.39 is 0 Å². The van der Waals surface area contributed by atoms with E-state index in [0.29, 0.717) is 6.04 Å². The van der Waals surface area contributed by atoms with E-state index >= 15 is 0 Å². The molecular formula is C17H28N2S2. The lowest BCUT2D eigenvalue weighted by molar-refractivity contribution is 0.557. The van der Waals surface area contributed by atoms with Crippen LogP contribution < -0.4 is 5.32 Å². The molecule has 4 heteroatoms. The molecule has 1 aromatic rings. The van der Waals surface area contributed by atoms with Crippen LogP contribution in [0.15, 0.2) is 0 Å². The quantitative estimate of drug-likeness (QED) is 0.807. The van der Waals surface area contributed by atoms with Gasteiger partial charge >= 0.3 is 0 Å². The molecular weight excluding hydrogens is 296 g/mol. The number of nitrogens with zero attached hydrogens (tertiary/aromatic N) is 1. The fourth-order valence-corrected chi connectivity index (χ4v) is 5.58. The molecule has 0 bridgehead atoms. The van der Waals surface area contributed by atoms with E-state index in [4.69, 9.17) is 4.98 Å². The van der Waals surface area contributed by atoms with Gasteiger partial charge in [-0.15, -0.1) is 11.3 Å². The van der Waals surface area contributed by atoms with Gasteiger partial charge in [-0.3, -0.25) is 0 Å². The van der Waals surface area contributed by atoms with Crippen LogP contribution in [0.25, 0.3) is 0 Å². The number of aryl methyl sites for hydroxylation is 2. The Kier molecular flexibility index (Phi) is 6.43. The molecule has 1 unspecified atom stereocenters. The number of rotatable bonds is 1. The van der Waals surface area contributed by atoms with Crippen LogP contribution in [0.1, 0.15) is 73.0 Å². The van der Waals surface area contributed by atoms with Crippen LogP contribution in [0, 0.1) is 0 Å². The molecule has 1 saturated heterocycles. The molecule has 0 aromatic carbocycles. The summed E-state index contributed by atoms with van der Waals surface area (Å²) in [6, 6.07) is 0.511. The molecule has 1 aliphatic carbocycles. The fraction of sp³-hybridized carbons (Fsp3) is 0.824. The van der Waals surface area contributed by atoms with Gasteiger partial charge < -0.3 is 5.32 Å². The Bertz CT molecular complexity index is 395. The molecule has 118 valence electrons. The lowest BCUT2D eigenvalue weighted by Gasteiger charge is -2.20. The fourth-order valence-electron chi connectivity index (χ4n) is 3.31. The van der Waals surface area contributed by atoms with Crippen molar-refractivity contribution in [3.63, 3.8) is 0 Å². The van der Waals surface area contributed by atoms with Gasteiger partial charge in [0.25, 0.3) is 0 Å². The van der Waals surface area contributed by atoms with Crippen LogP contribution in [0.2, 0.25) is 0 Å². The Morgan fingerprint density at radius 3 is 2.33 bits per heavy atom. The average molecular weight is 325 g/mol. The lowest BCUT2D eigenvalue weighted by Crippen LogP contribution is -2.30. The summed E-state index contributed by atoms with van der Waals surface area (Å²) < 4.78 is 0. The summed E-state index contributed by atoms with van der Waals surface area (Å²) in [5.41, 5.74) is 1.44. The number of hydrogen-bond acceptors (Lipinski definition) is 4. The van der Waals surface area contributed by atoms with Crippen LogP contribution >= 0.6 is 23.1 Å². The van der Waals surface area contributed by atoms with Crippen molar-refractivity contribution in [1.29, 1.82) is 0 Å². The van der Waals surface area contributed by atoms with Crippen molar-refractivity contribution >= 4 is 23.1 Å². The normalized spacial score (nSPS) is 25.6. The zero-order valence-corrected chi connectivity index (χ0v) is 14.7. The first-order valence-electron chi connectivity index (χ1n) is 8.73. The first-order valence-corrected chi connectivity index (χ1v) is 10.7. The summed E-state index contributed by atoms with van der Waals surface area (Å²) in [5, 5.41) is 5.01. The highest BCUT2D eigenvalue weighted by Gasteiger charge is 2.21. The van der Waals surface area contributed by atoms with E-state index in [1.807, 2.05) is 11.3 Å². The first-order chi connectivity index (χ1) is 10.4. The summed E-state index contributed by atoms with van der Waals surface area (Å²) in [6.45, 7) is 1.14. The number of hydrogen-bond donors (Lipinski definition) is 1. The topological polar surface area (TPSA) is 24.9 Å². The second-order valence-corrected chi connectivity index (χ2v) is 8.60. The Balaban J connectivity index is 1.69. The van der Waals surface area contributed by atoms with E-state index in [-0.39, 0.29) is 0 Å². The molecule has 0 amide bonds. The van der Waals surface area contributed by atoms with Gasteiger partial charge in [-0.25, -0.2) is 4.98 Å². The van der Waals surface area contributed by atoms with Crippen molar-refractivity contribution in [3.05, 3.63) is 15.6 Å². The Morgan fingerprint density at radius 1 is 0.905 bits per heavy atom.